The molecule has 1 unspecified atom stereocenters. The normalized spacial score (nSPS) is 12.9. The molecule has 1 aromatic rings. The van der Waals surface area contributed by atoms with Gasteiger partial charge in [-0.1, -0.05) is 13.8 Å². The molecule has 110 valence electrons. The maximum Gasteiger partial charge on any atom is 0.0662 e. The molecule has 19 heavy (non-hydrogen) atoms. The summed E-state index contributed by atoms with van der Waals surface area (Å²) in [6.45, 7) is 14.2. The van der Waals surface area contributed by atoms with Crippen molar-refractivity contribution in [2.75, 3.05) is 19.8 Å². The molecule has 4 nitrogen and oxygen atoms in total. The number of ether oxygens (including phenoxy) is 1. The summed E-state index contributed by atoms with van der Waals surface area (Å²) < 4.78 is 7.61. The molecule has 0 amide bonds. The Balaban J connectivity index is 2.65. The second-order valence-electron chi connectivity index (χ2n) is 5.10. The van der Waals surface area contributed by atoms with Gasteiger partial charge in [-0.2, -0.15) is 5.10 Å². The number of aromatic nitrogens is 2. The monoisotopic (exact) mass is 267 g/mol. The van der Waals surface area contributed by atoms with Crippen molar-refractivity contribution in [3.63, 3.8) is 0 Å². The summed E-state index contributed by atoms with van der Waals surface area (Å²) in [6.07, 6.45) is 2.22. The third-order valence-electron chi connectivity index (χ3n) is 3.37. The second kappa shape index (κ2) is 8.33. The number of nitrogens with zero attached hydrogens (tertiary/aromatic N) is 2. The largest absolute Gasteiger partial charge is 0.380 e. The zero-order valence-electron chi connectivity index (χ0n) is 13.1. The lowest BCUT2D eigenvalue weighted by atomic mass is 10.1. The van der Waals surface area contributed by atoms with Crippen molar-refractivity contribution < 1.29 is 4.74 Å². The van der Waals surface area contributed by atoms with Gasteiger partial charge in [-0.25, -0.2) is 0 Å². The van der Waals surface area contributed by atoms with Crippen LogP contribution in [0.1, 0.15) is 56.6 Å². The summed E-state index contributed by atoms with van der Waals surface area (Å²) >= 11 is 0. The molecule has 1 atom stereocenters. The molecule has 0 spiro atoms. The van der Waals surface area contributed by atoms with Crippen LogP contribution in [0.15, 0.2) is 0 Å². The van der Waals surface area contributed by atoms with Gasteiger partial charge in [0, 0.05) is 23.9 Å². The molecule has 4 heteroatoms. The van der Waals surface area contributed by atoms with E-state index in [2.05, 4.69) is 49.7 Å². The van der Waals surface area contributed by atoms with Gasteiger partial charge >= 0.3 is 0 Å². The zero-order chi connectivity index (χ0) is 14.3. The van der Waals surface area contributed by atoms with Crippen LogP contribution in [-0.2, 0) is 11.3 Å². The van der Waals surface area contributed by atoms with Gasteiger partial charge in [-0.3, -0.25) is 4.68 Å². The Morgan fingerprint density at radius 2 is 1.95 bits per heavy atom. The van der Waals surface area contributed by atoms with E-state index in [1.165, 1.54) is 11.3 Å². The van der Waals surface area contributed by atoms with E-state index in [0.29, 0.717) is 6.04 Å². The fraction of sp³-hybridized carbons (Fsp3) is 0.800. The molecule has 1 N–H and O–H groups in total. The molecule has 1 rings (SSSR count). The highest BCUT2D eigenvalue weighted by atomic mass is 16.5. The lowest BCUT2D eigenvalue weighted by Crippen LogP contribution is -2.20. The number of hydrogen-bond acceptors (Lipinski definition) is 3. The Hall–Kier alpha value is -0.870. The molecular formula is C15H29N3O. The first-order valence-corrected chi connectivity index (χ1v) is 7.46. The van der Waals surface area contributed by atoms with Crippen LogP contribution in [0.25, 0.3) is 0 Å². The minimum Gasteiger partial charge on any atom is -0.380 e. The van der Waals surface area contributed by atoms with Crippen LogP contribution in [-0.4, -0.2) is 29.5 Å². The highest BCUT2D eigenvalue weighted by molar-refractivity contribution is 5.27. The molecule has 1 heterocycles. The van der Waals surface area contributed by atoms with Crippen LogP contribution < -0.4 is 5.32 Å². The molecule has 0 aliphatic heterocycles. The molecule has 0 aliphatic rings. The predicted molar refractivity (Wildman–Crippen MR) is 79.5 cm³/mol. The molecule has 0 aromatic carbocycles. The van der Waals surface area contributed by atoms with Crippen LogP contribution in [0.5, 0.6) is 0 Å². The van der Waals surface area contributed by atoms with E-state index >= 15 is 0 Å². The Kier molecular flexibility index (Phi) is 7.10. The van der Waals surface area contributed by atoms with Crippen LogP contribution >= 0.6 is 0 Å². The summed E-state index contributed by atoms with van der Waals surface area (Å²) in [6, 6.07) is 0.366. The average molecular weight is 267 g/mol. The number of aryl methyl sites for hydroxylation is 1. The van der Waals surface area contributed by atoms with Gasteiger partial charge in [0.25, 0.3) is 0 Å². The summed E-state index contributed by atoms with van der Waals surface area (Å²) in [5.74, 6) is 0. The lowest BCUT2D eigenvalue weighted by Gasteiger charge is -2.14. The average Bonchev–Trinajstić information content (AvgIpc) is 2.67. The first-order chi connectivity index (χ1) is 9.11. The topological polar surface area (TPSA) is 39.1 Å². The van der Waals surface area contributed by atoms with Crippen molar-refractivity contribution >= 4 is 0 Å². The second-order valence-corrected chi connectivity index (χ2v) is 5.10. The Labute approximate surface area is 117 Å². The summed E-state index contributed by atoms with van der Waals surface area (Å²) in [5.41, 5.74) is 3.72. The number of hydrogen-bond donors (Lipinski definition) is 1. The van der Waals surface area contributed by atoms with Gasteiger partial charge in [-0.15, -0.1) is 0 Å². The van der Waals surface area contributed by atoms with Crippen LogP contribution in [0.2, 0.25) is 0 Å². The molecule has 0 aliphatic carbocycles. The molecular weight excluding hydrogens is 238 g/mol. The molecule has 1 aromatic heterocycles. The quantitative estimate of drug-likeness (QED) is 0.699. The maximum absolute atomic E-state index is 5.54. The minimum absolute atomic E-state index is 0.366. The fourth-order valence-electron chi connectivity index (χ4n) is 2.42. The van der Waals surface area contributed by atoms with Gasteiger partial charge in [-0.05, 0) is 40.2 Å². The maximum atomic E-state index is 5.54. The molecule has 0 saturated heterocycles. The Morgan fingerprint density at radius 1 is 1.21 bits per heavy atom. The van der Waals surface area contributed by atoms with E-state index in [1.807, 2.05) is 0 Å². The van der Waals surface area contributed by atoms with E-state index in [9.17, 15) is 0 Å². The van der Waals surface area contributed by atoms with Crippen LogP contribution in [0.3, 0.4) is 0 Å². The lowest BCUT2D eigenvalue weighted by molar-refractivity contribution is 0.124. The third kappa shape index (κ3) is 4.62. The van der Waals surface area contributed by atoms with Gasteiger partial charge in [0.1, 0.15) is 0 Å². The van der Waals surface area contributed by atoms with E-state index in [-0.39, 0.29) is 0 Å². The van der Waals surface area contributed by atoms with Crippen molar-refractivity contribution in [2.24, 2.45) is 0 Å². The van der Waals surface area contributed by atoms with Crippen molar-refractivity contribution in [3.8, 4) is 0 Å². The summed E-state index contributed by atoms with van der Waals surface area (Å²) in [4.78, 5) is 0. The van der Waals surface area contributed by atoms with E-state index < -0.39 is 0 Å². The highest BCUT2D eigenvalue weighted by Gasteiger charge is 2.16. The van der Waals surface area contributed by atoms with Crippen molar-refractivity contribution in [3.05, 3.63) is 17.0 Å². The summed E-state index contributed by atoms with van der Waals surface area (Å²) in [5, 5.41) is 8.17. The molecule has 0 fully saturated rings. The molecule has 0 saturated carbocycles. The predicted octanol–water partition coefficient (Wildman–Crippen LogP) is 2.99. The van der Waals surface area contributed by atoms with E-state index in [4.69, 9.17) is 4.74 Å². The third-order valence-corrected chi connectivity index (χ3v) is 3.37. The Morgan fingerprint density at radius 3 is 2.58 bits per heavy atom. The Bertz CT molecular complexity index is 374. The highest BCUT2D eigenvalue weighted by Crippen LogP contribution is 2.21. The van der Waals surface area contributed by atoms with Gasteiger partial charge in [0.2, 0.25) is 0 Å². The van der Waals surface area contributed by atoms with Crippen LogP contribution in [0.4, 0.5) is 0 Å². The van der Waals surface area contributed by atoms with E-state index in [0.717, 1.165) is 44.8 Å². The van der Waals surface area contributed by atoms with Crippen LogP contribution in [0, 0.1) is 13.8 Å². The van der Waals surface area contributed by atoms with Gasteiger partial charge in [0.15, 0.2) is 0 Å². The van der Waals surface area contributed by atoms with Crippen molar-refractivity contribution in [1.29, 1.82) is 0 Å². The zero-order valence-corrected chi connectivity index (χ0v) is 13.1. The van der Waals surface area contributed by atoms with E-state index in [1.54, 1.807) is 0 Å². The number of rotatable bonds is 9. The minimum atomic E-state index is 0.366. The van der Waals surface area contributed by atoms with Gasteiger partial charge < -0.3 is 10.1 Å². The standard InChI is InChI=1S/C15H29N3O/c1-6-8-16-12(3)15-13(4)17-18(14(15)5)9-11-19-10-7-2/h12,16H,6-11H2,1-5H3. The first kappa shape index (κ1) is 16.2. The molecule has 0 radical (unpaired) electrons. The number of nitrogens with one attached hydrogen (secondary N) is 1. The summed E-state index contributed by atoms with van der Waals surface area (Å²) in [7, 11) is 0. The van der Waals surface area contributed by atoms with Crippen molar-refractivity contribution in [1.82, 2.24) is 15.1 Å². The SMILES string of the molecule is CCCNC(C)c1c(C)nn(CCOCCC)c1C. The van der Waals surface area contributed by atoms with Crippen molar-refractivity contribution in [2.45, 2.75) is 60.0 Å². The molecule has 0 bridgehead atoms. The smallest absolute Gasteiger partial charge is 0.0662 e. The fourth-order valence-corrected chi connectivity index (χ4v) is 2.42. The first-order valence-electron chi connectivity index (χ1n) is 7.46. The van der Waals surface area contributed by atoms with Gasteiger partial charge in [0.05, 0.1) is 18.8 Å².